The molecule has 1 N–H and O–H groups in total. The van der Waals surface area contributed by atoms with E-state index in [4.69, 9.17) is 4.74 Å². The van der Waals surface area contributed by atoms with Gasteiger partial charge in [-0.25, -0.2) is 9.59 Å². The number of ether oxygens (including phenoxy) is 1. The minimum absolute atomic E-state index is 0.115. The second-order valence-electron chi connectivity index (χ2n) is 5.50. The third-order valence-electron chi connectivity index (χ3n) is 3.60. The van der Waals surface area contributed by atoms with Crippen molar-refractivity contribution in [3.05, 3.63) is 11.4 Å². The molecule has 0 aromatic rings. The summed E-state index contributed by atoms with van der Waals surface area (Å²) in [5, 5.41) is 9.33. The van der Waals surface area contributed by atoms with Crippen LogP contribution in [0.15, 0.2) is 11.4 Å². The molecule has 0 saturated heterocycles. The van der Waals surface area contributed by atoms with Gasteiger partial charge >= 0.3 is 11.9 Å². The Morgan fingerprint density at radius 1 is 1.00 bits per heavy atom. The van der Waals surface area contributed by atoms with Crippen LogP contribution in [0.1, 0.15) is 72.1 Å². The first-order chi connectivity index (χ1) is 10.5. The molecule has 0 unspecified atom stereocenters. The lowest BCUT2D eigenvalue weighted by molar-refractivity contribution is -0.142. The number of carboxylic acids is 1. The number of aliphatic carboxylic acids is 1. The van der Waals surface area contributed by atoms with Crippen molar-refractivity contribution in [1.29, 1.82) is 0 Å². The summed E-state index contributed by atoms with van der Waals surface area (Å²) in [6.45, 7) is 6.03. The lowest BCUT2D eigenvalue weighted by Gasteiger charge is -2.18. The molecular weight excluding hydrogens is 287 g/mol. The van der Waals surface area contributed by atoms with E-state index in [1.165, 1.54) is 0 Å². The summed E-state index contributed by atoms with van der Waals surface area (Å²) in [6, 6.07) is 0. The van der Waals surface area contributed by atoms with Crippen molar-refractivity contribution in [2.45, 2.75) is 72.1 Å². The molecule has 0 aliphatic carbocycles. The zero-order chi connectivity index (χ0) is 17.0. The highest BCUT2D eigenvalue weighted by molar-refractivity contribution is 5.98. The van der Waals surface area contributed by atoms with Crippen molar-refractivity contribution in [3.63, 3.8) is 0 Å². The first kappa shape index (κ1) is 20.6. The van der Waals surface area contributed by atoms with Gasteiger partial charge in [-0.15, -0.1) is 0 Å². The fourth-order valence-electron chi connectivity index (χ4n) is 2.26. The number of hydrogen-bond acceptors (Lipinski definition) is 3. The van der Waals surface area contributed by atoms with E-state index in [0.29, 0.717) is 19.3 Å². The Morgan fingerprint density at radius 2 is 1.50 bits per heavy atom. The summed E-state index contributed by atoms with van der Waals surface area (Å²) in [6.07, 6.45) is 6.03. The number of rotatable bonds is 12. The lowest BCUT2D eigenvalue weighted by atomic mass is 9.88. The van der Waals surface area contributed by atoms with Crippen LogP contribution in [0, 0.1) is 5.92 Å². The van der Waals surface area contributed by atoms with Gasteiger partial charge < -0.3 is 9.84 Å². The van der Waals surface area contributed by atoms with Crippen LogP contribution in [0.3, 0.4) is 0 Å². The standard InChI is InChI=1S/C17H29FO4/c1-4-7-10-13(11-8-5-2)14(16(19)20)15(18)17(21)22-12-9-6-3/h13H,4-12H2,1-3H3,(H,19,20)/b15-14+. The molecule has 0 saturated carbocycles. The first-order valence-corrected chi connectivity index (χ1v) is 8.29. The maximum Gasteiger partial charge on any atom is 0.367 e. The van der Waals surface area contributed by atoms with E-state index in [2.05, 4.69) is 0 Å². The highest BCUT2D eigenvalue weighted by atomic mass is 19.1. The number of hydrogen-bond donors (Lipinski definition) is 1. The minimum atomic E-state index is -1.36. The van der Waals surface area contributed by atoms with Crippen LogP contribution >= 0.6 is 0 Å². The van der Waals surface area contributed by atoms with Crippen molar-refractivity contribution >= 4 is 11.9 Å². The van der Waals surface area contributed by atoms with Gasteiger partial charge in [-0.3, -0.25) is 0 Å². The molecule has 0 atom stereocenters. The molecule has 0 aliphatic rings. The monoisotopic (exact) mass is 316 g/mol. The second kappa shape index (κ2) is 12.2. The van der Waals surface area contributed by atoms with Crippen molar-refractivity contribution in [2.75, 3.05) is 6.61 Å². The van der Waals surface area contributed by atoms with Crippen molar-refractivity contribution < 1.29 is 23.8 Å². The van der Waals surface area contributed by atoms with Crippen LogP contribution in [0.4, 0.5) is 4.39 Å². The quantitative estimate of drug-likeness (QED) is 0.324. The van der Waals surface area contributed by atoms with E-state index in [9.17, 15) is 19.1 Å². The largest absolute Gasteiger partial charge is 0.478 e. The molecular formula is C17H29FO4. The summed E-state index contributed by atoms with van der Waals surface area (Å²) >= 11 is 0. The molecule has 5 heteroatoms. The fourth-order valence-corrected chi connectivity index (χ4v) is 2.26. The maximum atomic E-state index is 14.3. The Balaban J connectivity index is 5.18. The summed E-state index contributed by atoms with van der Waals surface area (Å²) in [5.41, 5.74) is -0.414. The molecule has 0 aromatic heterocycles. The van der Waals surface area contributed by atoms with Crippen LogP contribution in [0.5, 0.6) is 0 Å². The van der Waals surface area contributed by atoms with Crippen molar-refractivity contribution in [1.82, 2.24) is 0 Å². The van der Waals surface area contributed by atoms with Gasteiger partial charge in [0.05, 0.1) is 12.2 Å². The molecule has 4 nitrogen and oxygen atoms in total. The van der Waals surface area contributed by atoms with Gasteiger partial charge in [0.15, 0.2) is 0 Å². The molecule has 0 aromatic carbocycles. The van der Waals surface area contributed by atoms with Crippen molar-refractivity contribution in [3.8, 4) is 0 Å². The zero-order valence-corrected chi connectivity index (χ0v) is 14.0. The van der Waals surface area contributed by atoms with Crippen molar-refractivity contribution in [2.24, 2.45) is 5.92 Å². The highest BCUT2D eigenvalue weighted by Crippen LogP contribution is 2.28. The Hall–Kier alpha value is -1.39. The second-order valence-corrected chi connectivity index (χ2v) is 5.50. The highest BCUT2D eigenvalue weighted by Gasteiger charge is 2.28. The number of halogens is 1. The molecule has 0 rings (SSSR count). The molecule has 22 heavy (non-hydrogen) atoms. The number of carboxylic acid groups (broad SMARTS) is 1. The molecule has 0 radical (unpaired) electrons. The van der Waals surface area contributed by atoms with Gasteiger partial charge in [-0.1, -0.05) is 52.9 Å². The van der Waals surface area contributed by atoms with Gasteiger partial charge in [-0.2, -0.15) is 4.39 Å². The molecule has 0 aliphatic heterocycles. The molecule has 0 spiro atoms. The third-order valence-corrected chi connectivity index (χ3v) is 3.60. The smallest absolute Gasteiger partial charge is 0.367 e. The normalized spacial score (nSPS) is 12.2. The molecule has 0 amide bonds. The maximum absolute atomic E-state index is 14.3. The minimum Gasteiger partial charge on any atom is -0.478 e. The zero-order valence-electron chi connectivity index (χ0n) is 14.0. The van der Waals surface area contributed by atoms with Gasteiger partial charge in [0.2, 0.25) is 5.83 Å². The number of carbonyl (C=O) groups is 2. The average molecular weight is 316 g/mol. The summed E-state index contributed by atoms with van der Waals surface area (Å²) in [5.74, 6) is -4.18. The SMILES string of the molecule is CCCCOC(=O)/C(F)=C(\C(=O)O)C(CCCC)CCCC. The van der Waals surface area contributed by atoms with E-state index in [1.807, 2.05) is 20.8 Å². The summed E-state index contributed by atoms with van der Waals surface area (Å²) in [7, 11) is 0. The van der Waals surface area contributed by atoms with Gasteiger partial charge in [0, 0.05) is 0 Å². The van der Waals surface area contributed by atoms with E-state index >= 15 is 0 Å². The van der Waals surface area contributed by atoms with Crippen LogP contribution in [-0.2, 0) is 14.3 Å². The van der Waals surface area contributed by atoms with E-state index in [1.54, 1.807) is 0 Å². The molecule has 0 heterocycles. The Morgan fingerprint density at radius 3 is 1.91 bits per heavy atom. The average Bonchev–Trinajstić information content (AvgIpc) is 2.49. The van der Waals surface area contributed by atoms with Crippen LogP contribution < -0.4 is 0 Å². The number of carbonyl (C=O) groups excluding carboxylic acids is 1. The molecule has 0 fully saturated rings. The lowest BCUT2D eigenvalue weighted by Crippen LogP contribution is -2.19. The number of unbranched alkanes of at least 4 members (excludes halogenated alkanes) is 3. The Kier molecular flexibility index (Phi) is 11.4. The number of esters is 1. The van der Waals surface area contributed by atoms with E-state index < -0.39 is 29.3 Å². The fraction of sp³-hybridized carbons (Fsp3) is 0.765. The predicted molar refractivity (Wildman–Crippen MR) is 84.2 cm³/mol. The van der Waals surface area contributed by atoms with E-state index in [-0.39, 0.29) is 6.61 Å². The summed E-state index contributed by atoms with van der Waals surface area (Å²) < 4.78 is 19.1. The van der Waals surface area contributed by atoms with E-state index in [0.717, 1.165) is 32.1 Å². The Labute approximate surface area is 132 Å². The topological polar surface area (TPSA) is 63.6 Å². The first-order valence-electron chi connectivity index (χ1n) is 8.29. The van der Waals surface area contributed by atoms with Crippen LogP contribution in [0.2, 0.25) is 0 Å². The summed E-state index contributed by atoms with van der Waals surface area (Å²) in [4.78, 5) is 23.1. The third kappa shape index (κ3) is 7.57. The predicted octanol–water partition coefficient (Wildman–Crippen LogP) is 4.63. The van der Waals surface area contributed by atoms with Crippen LogP contribution in [0.25, 0.3) is 0 Å². The molecule has 0 bridgehead atoms. The van der Waals surface area contributed by atoms with Gasteiger partial charge in [0.25, 0.3) is 0 Å². The Bertz CT molecular complexity index is 369. The molecule has 128 valence electrons. The van der Waals surface area contributed by atoms with Gasteiger partial charge in [-0.05, 0) is 25.2 Å². The van der Waals surface area contributed by atoms with Crippen LogP contribution in [-0.4, -0.2) is 23.7 Å². The van der Waals surface area contributed by atoms with Gasteiger partial charge in [0.1, 0.15) is 0 Å².